The molecule has 19 heavy (non-hydrogen) atoms. The number of hydrogen-bond donors (Lipinski definition) is 1. The molecule has 102 valence electrons. The zero-order valence-electron chi connectivity index (χ0n) is 10.8. The van der Waals surface area contributed by atoms with Gasteiger partial charge in [0.05, 0.1) is 19.3 Å². The Morgan fingerprint density at radius 1 is 1.42 bits per heavy atom. The van der Waals surface area contributed by atoms with Crippen LogP contribution in [-0.2, 0) is 6.54 Å². The van der Waals surface area contributed by atoms with E-state index in [4.69, 9.17) is 9.52 Å². The van der Waals surface area contributed by atoms with Crippen LogP contribution in [0.4, 0.5) is 0 Å². The molecule has 5 heteroatoms. The SMILES string of the molecule is CCN(CCO)Cc1ncc(-c2cccc(Br)c2)o1. The number of hydrogen-bond acceptors (Lipinski definition) is 4. The molecule has 1 heterocycles. The minimum atomic E-state index is 0.146. The summed E-state index contributed by atoms with van der Waals surface area (Å²) in [6, 6.07) is 7.92. The lowest BCUT2D eigenvalue weighted by Gasteiger charge is -2.16. The summed E-state index contributed by atoms with van der Waals surface area (Å²) in [5, 5.41) is 8.96. The quantitative estimate of drug-likeness (QED) is 0.887. The maximum atomic E-state index is 8.96. The van der Waals surface area contributed by atoms with Crippen LogP contribution < -0.4 is 0 Å². The molecular weight excluding hydrogens is 308 g/mol. The second-order valence-corrected chi connectivity index (χ2v) is 5.14. The molecule has 4 nitrogen and oxygen atoms in total. The predicted octanol–water partition coefficient (Wildman–Crippen LogP) is 2.92. The number of aliphatic hydroxyl groups is 1. The first-order chi connectivity index (χ1) is 9.22. The highest BCUT2D eigenvalue weighted by atomic mass is 79.9. The highest BCUT2D eigenvalue weighted by molar-refractivity contribution is 9.10. The van der Waals surface area contributed by atoms with Crippen LogP contribution in [-0.4, -0.2) is 34.7 Å². The molecule has 0 bridgehead atoms. The highest BCUT2D eigenvalue weighted by Gasteiger charge is 2.10. The molecule has 2 rings (SSSR count). The van der Waals surface area contributed by atoms with Crippen LogP contribution in [0.15, 0.2) is 39.4 Å². The summed E-state index contributed by atoms with van der Waals surface area (Å²) in [5.74, 6) is 1.43. The molecule has 0 spiro atoms. The number of benzene rings is 1. The van der Waals surface area contributed by atoms with Gasteiger partial charge >= 0.3 is 0 Å². The van der Waals surface area contributed by atoms with Gasteiger partial charge in [-0.15, -0.1) is 0 Å². The number of aliphatic hydroxyl groups excluding tert-OH is 1. The van der Waals surface area contributed by atoms with E-state index < -0.39 is 0 Å². The summed E-state index contributed by atoms with van der Waals surface area (Å²) in [6.07, 6.45) is 1.74. The number of rotatable bonds is 6. The molecule has 1 aromatic heterocycles. The molecule has 0 saturated carbocycles. The molecule has 2 aromatic rings. The van der Waals surface area contributed by atoms with Crippen molar-refractivity contribution in [2.24, 2.45) is 0 Å². The largest absolute Gasteiger partial charge is 0.439 e. The zero-order valence-corrected chi connectivity index (χ0v) is 12.4. The normalized spacial score (nSPS) is 11.2. The van der Waals surface area contributed by atoms with Crippen LogP contribution in [0.2, 0.25) is 0 Å². The molecular formula is C14H17BrN2O2. The van der Waals surface area contributed by atoms with Crippen molar-refractivity contribution in [1.29, 1.82) is 0 Å². The van der Waals surface area contributed by atoms with E-state index in [2.05, 4.69) is 25.8 Å². The van der Waals surface area contributed by atoms with Crippen LogP contribution in [0.3, 0.4) is 0 Å². The van der Waals surface area contributed by atoms with E-state index in [0.717, 1.165) is 22.3 Å². The van der Waals surface area contributed by atoms with Gasteiger partial charge < -0.3 is 9.52 Å². The first-order valence-corrected chi connectivity index (χ1v) is 7.06. The monoisotopic (exact) mass is 324 g/mol. The Bertz CT molecular complexity index is 528. The summed E-state index contributed by atoms with van der Waals surface area (Å²) in [4.78, 5) is 6.37. The smallest absolute Gasteiger partial charge is 0.209 e. The standard InChI is InChI=1S/C14H17BrN2O2/c1-2-17(6-7-18)10-14-16-9-13(19-14)11-4-3-5-12(15)8-11/h3-5,8-9,18H,2,6-7,10H2,1H3. The molecule has 0 aliphatic carbocycles. The Kier molecular flexibility index (Phi) is 5.13. The molecule has 0 aliphatic heterocycles. The summed E-state index contributed by atoms with van der Waals surface area (Å²) >= 11 is 3.44. The molecule has 0 aliphatic rings. The molecule has 0 fully saturated rings. The van der Waals surface area contributed by atoms with Gasteiger partial charge in [-0.1, -0.05) is 35.0 Å². The van der Waals surface area contributed by atoms with E-state index in [9.17, 15) is 0 Å². The van der Waals surface area contributed by atoms with Crippen molar-refractivity contribution in [2.75, 3.05) is 19.7 Å². The molecule has 0 saturated heterocycles. The Morgan fingerprint density at radius 2 is 2.26 bits per heavy atom. The minimum absolute atomic E-state index is 0.146. The Balaban J connectivity index is 2.10. The number of oxazole rings is 1. The van der Waals surface area contributed by atoms with E-state index in [0.29, 0.717) is 19.0 Å². The second kappa shape index (κ2) is 6.84. The summed E-state index contributed by atoms with van der Waals surface area (Å²) in [6.45, 7) is 4.30. The van der Waals surface area contributed by atoms with Gasteiger partial charge in [0.25, 0.3) is 0 Å². The Morgan fingerprint density at radius 3 is 2.95 bits per heavy atom. The lowest BCUT2D eigenvalue weighted by atomic mass is 10.2. The van der Waals surface area contributed by atoms with Crippen molar-refractivity contribution in [3.63, 3.8) is 0 Å². The predicted molar refractivity (Wildman–Crippen MR) is 77.7 cm³/mol. The average molecular weight is 325 g/mol. The van der Waals surface area contributed by atoms with Crippen LogP contribution in [0.5, 0.6) is 0 Å². The van der Waals surface area contributed by atoms with Gasteiger partial charge in [0.2, 0.25) is 5.89 Å². The maximum absolute atomic E-state index is 8.96. The van der Waals surface area contributed by atoms with Gasteiger partial charge in [-0.2, -0.15) is 0 Å². The van der Waals surface area contributed by atoms with E-state index in [-0.39, 0.29) is 6.61 Å². The van der Waals surface area contributed by atoms with Crippen LogP contribution >= 0.6 is 15.9 Å². The van der Waals surface area contributed by atoms with Crippen molar-refractivity contribution in [2.45, 2.75) is 13.5 Å². The molecule has 0 atom stereocenters. The third-order valence-corrected chi connectivity index (χ3v) is 3.38. The fourth-order valence-electron chi connectivity index (χ4n) is 1.84. The van der Waals surface area contributed by atoms with E-state index >= 15 is 0 Å². The van der Waals surface area contributed by atoms with E-state index in [1.54, 1.807) is 6.20 Å². The van der Waals surface area contributed by atoms with Crippen molar-refractivity contribution in [3.05, 3.63) is 40.8 Å². The van der Waals surface area contributed by atoms with Gasteiger partial charge in [0.15, 0.2) is 5.76 Å². The van der Waals surface area contributed by atoms with Gasteiger partial charge in [0, 0.05) is 16.6 Å². The highest BCUT2D eigenvalue weighted by Crippen LogP contribution is 2.23. The van der Waals surface area contributed by atoms with Crippen LogP contribution in [0.25, 0.3) is 11.3 Å². The number of likely N-dealkylation sites (N-methyl/N-ethyl adjacent to an activating group) is 1. The van der Waals surface area contributed by atoms with Crippen LogP contribution in [0, 0.1) is 0 Å². The van der Waals surface area contributed by atoms with Gasteiger partial charge in [-0.3, -0.25) is 4.90 Å². The summed E-state index contributed by atoms with van der Waals surface area (Å²) in [5.41, 5.74) is 0.998. The van der Waals surface area contributed by atoms with Crippen molar-refractivity contribution >= 4 is 15.9 Å². The Hall–Kier alpha value is -1.17. The van der Waals surface area contributed by atoms with Gasteiger partial charge in [-0.05, 0) is 18.7 Å². The Labute approximate surface area is 121 Å². The molecule has 0 amide bonds. The first-order valence-electron chi connectivity index (χ1n) is 6.26. The fraction of sp³-hybridized carbons (Fsp3) is 0.357. The topological polar surface area (TPSA) is 49.5 Å². The van der Waals surface area contributed by atoms with Crippen molar-refractivity contribution in [1.82, 2.24) is 9.88 Å². The van der Waals surface area contributed by atoms with E-state index in [1.165, 1.54) is 0 Å². The van der Waals surface area contributed by atoms with Gasteiger partial charge in [0.1, 0.15) is 0 Å². The number of halogens is 1. The molecule has 1 N–H and O–H groups in total. The van der Waals surface area contributed by atoms with Gasteiger partial charge in [-0.25, -0.2) is 4.98 Å². The van der Waals surface area contributed by atoms with Crippen molar-refractivity contribution in [3.8, 4) is 11.3 Å². The molecule has 1 aromatic carbocycles. The molecule has 0 radical (unpaired) electrons. The minimum Gasteiger partial charge on any atom is -0.439 e. The number of aromatic nitrogens is 1. The zero-order chi connectivity index (χ0) is 13.7. The summed E-state index contributed by atoms with van der Waals surface area (Å²) < 4.78 is 6.76. The lowest BCUT2D eigenvalue weighted by molar-refractivity contribution is 0.185. The third kappa shape index (κ3) is 3.89. The number of nitrogens with zero attached hydrogens (tertiary/aromatic N) is 2. The van der Waals surface area contributed by atoms with E-state index in [1.807, 2.05) is 31.2 Å². The maximum Gasteiger partial charge on any atom is 0.209 e. The lowest BCUT2D eigenvalue weighted by Crippen LogP contribution is -2.26. The first kappa shape index (κ1) is 14.2. The molecule has 0 unspecified atom stereocenters. The third-order valence-electron chi connectivity index (χ3n) is 2.89. The summed E-state index contributed by atoms with van der Waals surface area (Å²) in [7, 11) is 0. The fourth-order valence-corrected chi connectivity index (χ4v) is 2.24. The average Bonchev–Trinajstić information content (AvgIpc) is 2.87. The van der Waals surface area contributed by atoms with Crippen LogP contribution in [0.1, 0.15) is 12.8 Å². The second-order valence-electron chi connectivity index (χ2n) is 4.22. The van der Waals surface area contributed by atoms with Crippen molar-refractivity contribution < 1.29 is 9.52 Å².